The second kappa shape index (κ2) is 24.2. The van der Waals surface area contributed by atoms with Gasteiger partial charge in [0, 0.05) is 35.9 Å². The lowest BCUT2D eigenvalue weighted by Crippen LogP contribution is -2.32. The molecule has 69 heavy (non-hydrogen) atoms. The van der Waals surface area contributed by atoms with Crippen molar-refractivity contribution in [3.63, 3.8) is 0 Å². The van der Waals surface area contributed by atoms with E-state index in [1.807, 2.05) is 66.9 Å². The molecule has 6 N–H and O–H groups in total. The normalized spacial score (nSPS) is 22.9. The van der Waals surface area contributed by atoms with Gasteiger partial charge in [0.05, 0.1) is 44.2 Å². The first-order valence-corrected chi connectivity index (χ1v) is 25.2. The Morgan fingerprint density at radius 3 is 2.33 bits per heavy atom. The number of aliphatic hydroxyl groups excluding tert-OH is 3. The Hall–Kier alpha value is -5.73. The summed E-state index contributed by atoms with van der Waals surface area (Å²) < 4.78 is 5.77. The minimum Gasteiger partial charge on any atom is -0.504 e. The number of methoxy groups -OCH3 is 1. The predicted molar refractivity (Wildman–Crippen MR) is 273 cm³/mol. The number of aliphatic imine (C=N–C) groups is 1. The van der Waals surface area contributed by atoms with Crippen molar-refractivity contribution in [2.24, 2.45) is 40.5 Å². The van der Waals surface area contributed by atoms with Crippen LogP contribution in [0.5, 0.6) is 11.5 Å². The zero-order chi connectivity index (χ0) is 49.0. The first-order valence-electron chi connectivity index (χ1n) is 25.2. The molecule has 10 atom stereocenters. The number of aromatic nitrogens is 1. The van der Waals surface area contributed by atoms with Gasteiger partial charge in [0.25, 0.3) is 0 Å². The van der Waals surface area contributed by atoms with E-state index in [2.05, 4.69) is 54.9 Å². The highest BCUT2D eigenvalue weighted by Crippen LogP contribution is 2.46. The molecular weight excluding hydrogens is 863 g/mol. The minimum atomic E-state index is -0.793. The van der Waals surface area contributed by atoms with Crippen molar-refractivity contribution in [2.75, 3.05) is 12.8 Å². The van der Waals surface area contributed by atoms with Gasteiger partial charge in [0.1, 0.15) is 35.6 Å². The van der Waals surface area contributed by atoms with Gasteiger partial charge in [0.15, 0.2) is 17.2 Å². The number of aromatic hydroxyl groups is 1. The molecule has 10 heteroatoms. The standard InChI is InChI=1S/C59H71N3O7/c1-5-12-49(54(66)34-47-31-46(36-62-47)37(2)17-24-53(65)38(3)63)45-29-41(27-40-25-26-61-57(60)30-40)28-43-20-23-50(42-15-10-7-11-16-42)58-44(19-21-48(64)35-55(67)52(43)32-45)33-56(69-4)59(68)51(58)22-18-39-13-8-6-9-14-39/h6-11,13-16,25-26,30-31,33,36-38,41,43,45,49-50,52-54,63,65-66H,5,12,17-19,21-22,24,27-29,32,34-35H2,1-4H3,(H2-,60,61,68)/p+1/t37-,38+,41+,43+,45+,49+,50-,52-,53+,54-/m1/s1. The summed E-state index contributed by atoms with van der Waals surface area (Å²) in [6, 6.07) is 26.1. The average molecular weight is 935 g/mol. The molecule has 2 heterocycles. The number of aliphatic hydroxyl groups is 3. The fourth-order valence-electron chi connectivity index (χ4n) is 11.2. The first-order chi connectivity index (χ1) is 33.3. The van der Waals surface area contributed by atoms with E-state index >= 15 is 0 Å². The molecule has 0 saturated heterocycles. The number of nitrogens with two attached hydrogens (primary N) is 1. The van der Waals surface area contributed by atoms with Gasteiger partial charge in [-0.1, -0.05) is 85.8 Å². The number of phenolic OH excluding ortho intramolecular Hbond substituents is 1. The van der Waals surface area contributed by atoms with Gasteiger partial charge in [-0.3, -0.25) is 9.59 Å². The smallest absolute Gasteiger partial charge is 0.177 e. The Bertz CT molecular complexity index is 2480. The van der Waals surface area contributed by atoms with E-state index in [1.165, 1.54) is 0 Å². The monoisotopic (exact) mass is 935 g/mol. The molecule has 3 aromatic carbocycles. The second-order valence-corrected chi connectivity index (χ2v) is 20.0. The quantitative estimate of drug-likeness (QED) is 0.0370. The number of hydrogen-bond donors (Lipinski definition) is 5. The Balaban J connectivity index is 1.28. The van der Waals surface area contributed by atoms with Crippen LogP contribution in [0, 0.1) is 53.3 Å². The SMILES string of the molecule is CCC[C@@H]([C@H]1C[C@@H](Cc2ccnc(N)c2)C[C@@H]2C#C[C@H](c3ccccc3)c3c(cc(OC)c(O)c3CCc3ccccc3)CCC(=O)CC(=O)[C@@H]2C1)[C@H](O)CC1=C[C+]([C@H](C)CC[C@H](O)[C@H](C)O)C=N1. The summed E-state index contributed by atoms with van der Waals surface area (Å²) in [4.78, 5) is 38.0. The molecule has 1 aromatic heterocycles. The van der Waals surface area contributed by atoms with Gasteiger partial charge in [-0.25, -0.2) is 4.98 Å². The third-order valence-electron chi connectivity index (χ3n) is 15.0. The molecule has 1 aliphatic heterocycles. The van der Waals surface area contributed by atoms with Crippen LogP contribution in [0.25, 0.3) is 0 Å². The Morgan fingerprint density at radius 2 is 1.62 bits per heavy atom. The number of Topliss-reactive ketones (excluding diaryl/α,β-unsaturated/α-hetero) is 2. The highest BCUT2D eigenvalue weighted by molar-refractivity contribution is 6.00. The average Bonchev–Trinajstić information content (AvgIpc) is 3.73. The van der Waals surface area contributed by atoms with E-state index in [4.69, 9.17) is 15.5 Å². The fourth-order valence-corrected chi connectivity index (χ4v) is 11.2. The largest absolute Gasteiger partial charge is 0.504 e. The number of ketones is 2. The fraction of sp³-hybridized carbons (Fsp3) is 0.475. The van der Waals surface area contributed by atoms with Crippen LogP contribution >= 0.6 is 0 Å². The summed E-state index contributed by atoms with van der Waals surface area (Å²) in [5.41, 5.74) is 12.7. The van der Waals surface area contributed by atoms with E-state index in [0.717, 1.165) is 64.3 Å². The molecule has 0 unspecified atom stereocenters. The molecule has 0 spiro atoms. The van der Waals surface area contributed by atoms with Gasteiger partial charge in [-0.05, 0) is 142 Å². The van der Waals surface area contributed by atoms with Crippen molar-refractivity contribution >= 4 is 23.6 Å². The number of aryl methyl sites for hydroxylation is 2. The van der Waals surface area contributed by atoms with E-state index in [-0.39, 0.29) is 59.7 Å². The van der Waals surface area contributed by atoms with Crippen molar-refractivity contribution in [3.05, 3.63) is 136 Å². The topological polar surface area (TPSA) is 176 Å². The number of anilines is 1. The molecule has 0 radical (unpaired) electrons. The van der Waals surface area contributed by atoms with Crippen LogP contribution in [-0.2, 0) is 35.3 Å². The highest BCUT2D eigenvalue weighted by Gasteiger charge is 2.42. The van der Waals surface area contributed by atoms with Crippen LogP contribution in [-0.4, -0.2) is 68.6 Å². The third-order valence-corrected chi connectivity index (χ3v) is 15.0. The first kappa shape index (κ1) is 51.1. The number of rotatable bonds is 18. The lowest BCUT2D eigenvalue weighted by molar-refractivity contribution is -0.130. The van der Waals surface area contributed by atoms with Gasteiger partial charge in [-0.15, -0.1) is 4.99 Å². The zero-order valence-electron chi connectivity index (χ0n) is 40.9. The van der Waals surface area contributed by atoms with E-state index in [0.29, 0.717) is 69.4 Å². The minimum absolute atomic E-state index is 0.0529. The number of carbonyl (C=O) groups excluding carboxylic acids is 2. The Labute approximate surface area is 409 Å². The number of fused-ring (bicyclic) bond motifs is 2. The lowest BCUT2D eigenvalue weighted by atomic mass is 9.73. The molecule has 0 amide bonds. The van der Waals surface area contributed by atoms with Crippen LogP contribution in [0.4, 0.5) is 5.82 Å². The summed E-state index contributed by atoms with van der Waals surface area (Å²) >= 11 is 0. The lowest BCUT2D eigenvalue weighted by Gasteiger charge is -2.32. The van der Waals surface area contributed by atoms with Gasteiger partial charge in [-0.2, -0.15) is 0 Å². The molecule has 10 nitrogen and oxygen atoms in total. The summed E-state index contributed by atoms with van der Waals surface area (Å²) in [6.45, 7) is 5.81. The molecule has 7 rings (SSSR count). The van der Waals surface area contributed by atoms with Gasteiger partial charge >= 0.3 is 0 Å². The van der Waals surface area contributed by atoms with Crippen molar-refractivity contribution in [2.45, 2.75) is 135 Å². The van der Waals surface area contributed by atoms with E-state index in [1.54, 1.807) is 20.2 Å². The van der Waals surface area contributed by atoms with Crippen LogP contribution in [0.15, 0.2) is 102 Å². The van der Waals surface area contributed by atoms with Crippen LogP contribution in [0.3, 0.4) is 0 Å². The number of nitrogen functional groups attached to an aromatic ring is 1. The van der Waals surface area contributed by atoms with Crippen molar-refractivity contribution < 1.29 is 34.8 Å². The molecule has 1 saturated carbocycles. The summed E-state index contributed by atoms with van der Waals surface area (Å²) in [7, 11) is 1.54. The molecule has 364 valence electrons. The summed E-state index contributed by atoms with van der Waals surface area (Å²) in [5, 5.41) is 44.3. The van der Waals surface area contributed by atoms with Crippen molar-refractivity contribution in [3.8, 4) is 23.3 Å². The Morgan fingerprint density at radius 1 is 0.870 bits per heavy atom. The number of allylic oxidation sites excluding steroid dienone is 1. The second-order valence-electron chi connectivity index (χ2n) is 20.0. The molecule has 0 bridgehead atoms. The molecule has 2 aliphatic carbocycles. The van der Waals surface area contributed by atoms with Crippen LogP contribution in [0.1, 0.15) is 124 Å². The van der Waals surface area contributed by atoms with Crippen LogP contribution in [0.2, 0.25) is 0 Å². The van der Waals surface area contributed by atoms with E-state index in [9.17, 15) is 30.0 Å². The zero-order valence-corrected chi connectivity index (χ0v) is 40.9. The Kier molecular flexibility index (Phi) is 17.9. The van der Waals surface area contributed by atoms with Gasteiger partial charge in [0.2, 0.25) is 0 Å². The molecular formula is C59H72N3O7+. The number of ether oxygens (including phenoxy) is 1. The number of hydrogen-bond acceptors (Lipinski definition) is 10. The number of phenols is 1. The summed E-state index contributed by atoms with van der Waals surface area (Å²) in [5.74, 6) is 7.78. The maximum Gasteiger partial charge on any atom is 0.177 e. The van der Waals surface area contributed by atoms with E-state index < -0.39 is 30.1 Å². The number of nitrogens with zero attached hydrogens (tertiary/aromatic N) is 2. The molecule has 1 fully saturated rings. The predicted octanol–water partition coefficient (Wildman–Crippen LogP) is 9.53. The molecule has 3 aliphatic rings. The van der Waals surface area contributed by atoms with Crippen molar-refractivity contribution in [1.82, 2.24) is 4.98 Å². The molecule has 4 aromatic rings. The van der Waals surface area contributed by atoms with Crippen molar-refractivity contribution in [1.29, 1.82) is 0 Å². The maximum atomic E-state index is 14.9. The number of benzene rings is 3. The number of pyridine rings is 1. The highest BCUT2D eigenvalue weighted by atomic mass is 16.5. The summed E-state index contributed by atoms with van der Waals surface area (Å²) in [6.07, 6.45) is 10.5. The maximum absolute atomic E-state index is 14.9. The van der Waals surface area contributed by atoms with Gasteiger partial charge < -0.3 is 30.9 Å². The van der Waals surface area contributed by atoms with Crippen LogP contribution < -0.4 is 10.5 Å². The number of carbonyl (C=O) groups is 2. The third kappa shape index (κ3) is 13.3.